The zero-order valence-electron chi connectivity index (χ0n) is 9.72. The molecule has 0 spiro atoms. The fraction of sp³-hybridized carbons (Fsp3) is 0.667. The molecule has 92 valence electrons. The molecule has 3 rings (SSSR count). The Hall–Kier alpha value is -1.36. The van der Waals surface area contributed by atoms with E-state index in [2.05, 4.69) is 10.3 Å². The molecule has 2 N–H and O–H groups in total. The number of aliphatic carboxylic acids is 1. The van der Waals surface area contributed by atoms with Gasteiger partial charge in [0.1, 0.15) is 11.9 Å². The number of nitrogens with one attached hydrogen (secondary N) is 1. The van der Waals surface area contributed by atoms with E-state index in [0.29, 0.717) is 5.92 Å². The summed E-state index contributed by atoms with van der Waals surface area (Å²) in [6.45, 7) is 1.92. The Balaban J connectivity index is 2.00. The largest absolute Gasteiger partial charge is 0.480 e. The Morgan fingerprint density at radius 1 is 1.53 bits per heavy atom. The molecule has 5 nitrogen and oxygen atoms in total. The number of carbonyl (C=O) groups is 1. The molecule has 0 saturated carbocycles. The third kappa shape index (κ3) is 1.74. The molecule has 2 aliphatic heterocycles. The van der Waals surface area contributed by atoms with Gasteiger partial charge in [-0.2, -0.15) is 0 Å². The van der Waals surface area contributed by atoms with Crippen LogP contribution in [0, 0.1) is 0 Å². The van der Waals surface area contributed by atoms with Crippen LogP contribution in [0.5, 0.6) is 0 Å². The van der Waals surface area contributed by atoms with E-state index in [1.807, 2.05) is 10.8 Å². The number of nitrogens with zero attached hydrogens (tertiary/aromatic N) is 2. The molecular formula is C12H17N3O2. The SMILES string of the molecule is O=C(O)C1CCCc2cnc(C3CCNC3)n21. The first kappa shape index (κ1) is 10.8. The van der Waals surface area contributed by atoms with Crippen molar-refractivity contribution in [3.63, 3.8) is 0 Å². The molecule has 1 saturated heterocycles. The van der Waals surface area contributed by atoms with Gasteiger partial charge in [0.2, 0.25) is 0 Å². The van der Waals surface area contributed by atoms with Crippen LogP contribution in [0.4, 0.5) is 0 Å². The van der Waals surface area contributed by atoms with E-state index >= 15 is 0 Å². The zero-order valence-corrected chi connectivity index (χ0v) is 9.72. The molecule has 2 aliphatic rings. The lowest BCUT2D eigenvalue weighted by molar-refractivity contribution is -0.141. The van der Waals surface area contributed by atoms with Gasteiger partial charge >= 0.3 is 5.97 Å². The summed E-state index contributed by atoms with van der Waals surface area (Å²) in [5.41, 5.74) is 1.09. The summed E-state index contributed by atoms with van der Waals surface area (Å²) in [4.78, 5) is 15.8. The highest BCUT2D eigenvalue weighted by Gasteiger charge is 2.31. The minimum atomic E-state index is -0.726. The molecule has 0 aliphatic carbocycles. The van der Waals surface area contributed by atoms with Crippen LogP contribution in [0.2, 0.25) is 0 Å². The average Bonchev–Trinajstić information content (AvgIpc) is 2.96. The lowest BCUT2D eigenvalue weighted by Crippen LogP contribution is -2.27. The minimum Gasteiger partial charge on any atom is -0.480 e. The Labute approximate surface area is 99.8 Å². The van der Waals surface area contributed by atoms with E-state index in [0.717, 1.165) is 50.3 Å². The number of aryl methyl sites for hydroxylation is 1. The summed E-state index contributed by atoms with van der Waals surface area (Å²) >= 11 is 0. The van der Waals surface area contributed by atoms with Crippen molar-refractivity contribution in [2.75, 3.05) is 13.1 Å². The first-order valence-electron chi connectivity index (χ1n) is 6.27. The predicted molar refractivity (Wildman–Crippen MR) is 62.1 cm³/mol. The Kier molecular flexibility index (Phi) is 2.63. The van der Waals surface area contributed by atoms with E-state index < -0.39 is 12.0 Å². The summed E-state index contributed by atoms with van der Waals surface area (Å²) in [5.74, 6) is 0.622. The van der Waals surface area contributed by atoms with Gasteiger partial charge in [0.25, 0.3) is 0 Å². The molecule has 1 aromatic rings. The van der Waals surface area contributed by atoms with Crippen LogP contribution in [0.3, 0.4) is 0 Å². The third-order valence-corrected chi connectivity index (χ3v) is 3.83. The fourth-order valence-corrected chi connectivity index (χ4v) is 2.97. The summed E-state index contributed by atoms with van der Waals surface area (Å²) < 4.78 is 1.98. The van der Waals surface area contributed by atoms with Crippen molar-refractivity contribution in [1.82, 2.24) is 14.9 Å². The van der Waals surface area contributed by atoms with Crippen molar-refractivity contribution in [2.24, 2.45) is 0 Å². The van der Waals surface area contributed by atoms with E-state index in [9.17, 15) is 9.90 Å². The first-order valence-corrected chi connectivity index (χ1v) is 6.27. The quantitative estimate of drug-likeness (QED) is 0.800. The molecular weight excluding hydrogens is 218 g/mol. The Morgan fingerprint density at radius 3 is 3.12 bits per heavy atom. The van der Waals surface area contributed by atoms with Gasteiger partial charge in [-0.3, -0.25) is 0 Å². The number of carboxylic acid groups (broad SMARTS) is 1. The molecule has 0 bridgehead atoms. The number of carboxylic acids is 1. The smallest absolute Gasteiger partial charge is 0.326 e. The van der Waals surface area contributed by atoms with Crippen molar-refractivity contribution in [2.45, 2.75) is 37.6 Å². The molecule has 0 aromatic carbocycles. The van der Waals surface area contributed by atoms with Gasteiger partial charge in [-0.25, -0.2) is 9.78 Å². The molecule has 2 unspecified atom stereocenters. The molecule has 0 amide bonds. The second-order valence-corrected chi connectivity index (χ2v) is 4.91. The van der Waals surface area contributed by atoms with Crippen LogP contribution in [0.1, 0.15) is 42.7 Å². The van der Waals surface area contributed by atoms with Gasteiger partial charge in [0, 0.05) is 24.4 Å². The maximum absolute atomic E-state index is 11.3. The van der Waals surface area contributed by atoms with Crippen LogP contribution in [0.15, 0.2) is 6.20 Å². The van der Waals surface area contributed by atoms with Crippen LogP contribution < -0.4 is 5.32 Å². The van der Waals surface area contributed by atoms with Crippen LogP contribution in [-0.2, 0) is 11.2 Å². The van der Waals surface area contributed by atoms with E-state index in [1.165, 1.54) is 0 Å². The molecule has 0 radical (unpaired) electrons. The van der Waals surface area contributed by atoms with Crippen molar-refractivity contribution in [3.05, 3.63) is 17.7 Å². The van der Waals surface area contributed by atoms with Crippen LogP contribution in [-0.4, -0.2) is 33.7 Å². The monoisotopic (exact) mass is 235 g/mol. The summed E-state index contributed by atoms with van der Waals surface area (Å²) in [5, 5.41) is 12.6. The maximum atomic E-state index is 11.3. The van der Waals surface area contributed by atoms with Crippen LogP contribution >= 0.6 is 0 Å². The number of hydrogen-bond acceptors (Lipinski definition) is 3. The van der Waals surface area contributed by atoms with Gasteiger partial charge in [0.15, 0.2) is 0 Å². The van der Waals surface area contributed by atoms with Gasteiger partial charge in [-0.1, -0.05) is 0 Å². The second kappa shape index (κ2) is 4.14. The first-order chi connectivity index (χ1) is 8.27. The topological polar surface area (TPSA) is 67.2 Å². The van der Waals surface area contributed by atoms with Crippen molar-refractivity contribution >= 4 is 5.97 Å². The molecule has 5 heteroatoms. The average molecular weight is 235 g/mol. The predicted octanol–water partition coefficient (Wildman–Crippen LogP) is 0.922. The zero-order chi connectivity index (χ0) is 11.8. The highest BCUT2D eigenvalue weighted by Crippen LogP contribution is 2.31. The number of rotatable bonds is 2. The van der Waals surface area contributed by atoms with Crippen molar-refractivity contribution in [3.8, 4) is 0 Å². The van der Waals surface area contributed by atoms with Crippen LogP contribution in [0.25, 0.3) is 0 Å². The minimum absolute atomic E-state index is 0.378. The number of hydrogen-bond donors (Lipinski definition) is 2. The Bertz CT molecular complexity index is 435. The fourth-order valence-electron chi connectivity index (χ4n) is 2.97. The maximum Gasteiger partial charge on any atom is 0.326 e. The number of imidazole rings is 1. The highest BCUT2D eigenvalue weighted by atomic mass is 16.4. The molecule has 3 heterocycles. The van der Waals surface area contributed by atoms with Gasteiger partial charge in [0.05, 0.1) is 0 Å². The van der Waals surface area contributed by atoms with Crippen molar-refractivity contribution < 1.29 is 9.90 Å². The van der Waals surface area contributed by atoms with E-state index in [4.69, 9.17) is 0 Å². The van der Waals surface area contributed by atoms with Gasteiger partial charge in [-0.15, -0.1) is 0 Å². The Morgan fingerprint density at radius 2 is 2.41 bits per heavy atom. The third-order valence-electron chi connectivity index (χ3n) is 3.83. The highest BCUT2D eigenvalue weighted by molar-refractivity contribution is 5.72. The standard InChI is InChI=1S/C12H17N3O2/c16-12(17)10-3-1-2-9-7-14-11(15(9)10)8-4-5-13-6-8/h7-8,10,13H,1-6H2,(H,16,17). The lowest BCUT2D eigenvalue weighted by Gasteiger charge is -2.25. The second-order valence-electron chi connectivity index (χ2n) is 4.91. The summed E-state index contributed by atoms with van der Waals surface area (Å²) in [7, 11) is 0. The number of fused-ring (bicyclic) bond motifs is 1. The van der Waals surface area contributed by atoms with Gasteiger partial charge < -0.3 is 15.0 Å². The van der Waals surface area contributed by atoms with Gasteiger partial charge in [-0.05, 0) is 32.2 Å². The molecule has 1 aromatic heterocycles. The molecule has 2 atom stereocenters. The summed E-state index contributed by atoms with van der Waals surface area (Å²) in [6, 6.07) is -0.406. The normalized spacial score (nSPS) is 28.0. The number of aromatic nitrogens is 2. The molecule has 17 heavy (non-hydrogen) atoms. The lowest BCUT2D eigenvalue weighted by atomic mass is 10.0. The molecule has 1 fully saturated rings. The van der Waals surface area contributed by atoms with E-state index in [-0.39, 0.29) is 0 Å². The summed E-state index contributed by atoms with van der Waals surface area (Å²) in [6.07, 6.45) is 5.55. The van der Waals surface area contributed by atoms with E-state index in [1.54, 1.807) is 0 Å². The van der Waals surface area contributed by atoms with Crippen molar-refractivity contribution in [1.29, 1.82) is 0 Å².